The summed E-state index contributed by atoms with van der Waals surface area (Å²) >= 11 is 0. The smallest absolute Gasteiger partial charge is 0.231 e. The molecule has 30 heavy (non-hydrogen) atoms. The van der Waals surface area contributed by atoms with E-state index in [-0.39, 0.29) is 18.6 Å². The monoisotopic (exact) mass is 403 g/mol. The van der Waals surface area contributed by atoms with Crippen LogP contribution < -0.4 is 14.8 Å². The Kier molecular flexibility index (Phi) is 4.59. The third-order valence-corrected chi connectivity index (χ3v) is 5.18. The number of para-hydroxylation sites is 2. The molecule has 0 unspecified atom stereocenters. The molecule has 1 aliphatic rings. The first kappa shape index (κ1) is 18.2. The average molecular weight is 403 g/mol. The second kappa shape index (κ2) is 7.55. The minimum atomic E-state index is -0.239. The SMILES string of the molecule is C[C@@H](Cn1cnc2ccccc21)C(=O)Nc1ccnn1Cc1ccc2c(c1)OCO2. The van der Waals surface area contributed by atoms with Crippen molar-refractivity contribution in [3.8, 4) is 11.5 Å². The Bertz CT molecular complexity index is 1210. The first-order valence-electron chi connectivity index (χ1n) is 9.78. The van der Waals surface area contributed by atoms with Gasteiger partial charge in [-0.15, -0.1) is 0 Å². The Morgan fingerprint density at radius 1 is 1.17 bits per heavy atom. The molecule has 1 atom stereocenters. The number of nitrogens with zero attached hydrogens (tertiary/aromatic N) is 4. The number of anilines is 1. The molecule has 3 heterocycles. The van der Waals surface area contributed by atoms with Gasteiger partial charge in [-0.05, 0) is 29.8 Å². The maximum Gasteiger partial charge on any atom is 0.231 e. The van der Waals surface area contributed by atoms with Gasteiger partial charge in [0, 0.05) is 12.6 Å². The lowest BCUT2D eigenvalue weighted by molar-refractivity contribution is -0.119. The highest BCUT2D eigenvalue weighted by atomic mass is 16.7. The van der Waals surface area contributed by atoms with Crippen LogP contribution in [0, 0.1) is 5.92 Å². The van der Waals surface area contributed by atoms with Gasteiger partial charge in [-0.3, -0.25) is 4.79 Å². The van der Waals surface area contributed by atoms with Crippen molar-refractivity contribution >= 4 is 22.8 Å². The van der Waals surface area contributed by atoms with Gasteiger partial charge in [0.2, 0.25) is 12.7 Å². The molecule has 4 aromatic rings. The third-order valence-electron chi connectivity index (χ3n) is 5.18. The van der Waals surface area contributed by atoms with Crippen LogP contribution in [0.2, 0.25) is 0 Å². The predicted octanol–water partition coefficient (Wildman–Crippen LogP) is 3.28. The van der Waals surface area contributed by atoms with Crippen molar-refractivity contribution in [2.75, 3.05) is 12.1 Å². The summed E-state index contributed by atoms with van der Waals surface area (Å²) in [5.74, 6) is 1.82. The fourth-order valence-corrected chi connectivity index (χ4v) is 3.56. The van der Waals surface area contributed by atoms with Crippen LogP contribution in [0.1, 0.15) is 12.5 Å². The van der Waals surface area contributed by atoms with Crippen molar-refractivity contribution in [3.63, 3.8) is 0 Å². The minimum Gasteiger partial charge on any atom is -0.454 e. The quantitative estimate of drug-likeness (QED) is 0.534. The van der Waals surface area contributed by atoms with Crippen molar-refractivity contribution < 1.29 is 14.3 Å². The molecule has 0 aliphatic carbocycles. The third kappa shape index (κ3) is 3.47. The van der Waals surface area contributed by atoms with Crippen LogP contribution >= 0.6 is 0 Å². The van der Waals surface area contributed by atoms with Crippen LogP contribution in [-0.2, 0) is 17.9 Å². The van der Waals surface area contributed by atoms with Crippen molar-refractivity contribution in [1.82, 2.24) is 19.3 Å². The van der Waals surface area contributed by atoms with E-state index < -0.39 is 0 Å². The number of carbonyl (C=O) groups excluding carboxylic acids is 1. The molecular weight excluding hydrogens is 382 g/mol. The number of hydrogen-bond donors (Lipinski definition) is 1. The molecule has 1 aliphatic heterocycles. The van der Waals surface area contributed by atoms with Gasteiger partial charge in [0.1, 0.15) is 5.82 Å². The lowest BCUT2D eigenvalue weighted by Crippen LogP contribution is -2.25. The molecule has 0 saturated carbocycles. The van der Waals surface area contributed by atoms with Crippen molar-refractivity contribution in [2.24, 2.45) is 5.92 Å². The molecule has 0 fully saturated rings. The fraction of sp³-hybridized carbons (Fsp3) is 0.227. The molecule has 2 aromatic carbocycles. The summed E-state index contributed by atoms with van der Waals surface area (Å²) in [4.78, 5) is 17.2. The molecule has 2 aromatic heterocycles. The van der Waals surface area contributed by atoms with Gasteiger partial charge in [-0.2, -0.15) is 5.10 Å². The van der Waals surface area contributed by atoms with Crippen LogP contribution in [0.25, 0.3) is 11.0 Å². The Morgan fingerprint density at radius 3 is 2.97 bits per heavy atom. The molecule has 152 valence electrons. The second-order valence-corrected chi connectivity index (χ2v) is 7.34. The zero-order valence-corrected chi connectivity index (χ0v) is 16.5. The summed E-state index contributed by atoms with van der Waals surface area (Å²) in [5, 5.41) is 7.34. The van der Waals surface area contributed by atoms with E-state index in [2.05, 4.69) is 15.4 Å². The predicted molar refractivity (Wildman–Crippen MR) is 111 cm³/mol. The van der Waals surface area contributed by atoms with Gasteiger partial charge in [0.05, 0.1) is 36.0 Å². The maximum absolute atomic E-state index is 12.8. The van der Waals surface area contributed by atoms with E-state index in [9.17, 15) is 4.79 Å². The molecule has 0 bridgehead atoms. The Morgan fingerprint density at radius 2 is 2.03 bits per heavy atom. The number of amides is 1. The molecule has 0 saturated heterocycles. The van der Waals surface area contributed by atoms with E-state index in [1.807, 2.05) is 54.0 Å². The summed E-state index contributed by atoms with van der Waals surface area (Å²) in [6.07, 6.45) is 3.45. The topological polar surface area (TPSA) is 83.2 Å². The lowest BCUT2D eigenvalue weighted by Gasteiger charge is -2.15. The fourth-order valence-electron chi connectivity index (χ4n) is 3.56. The van der Waals surface area contributed by atoms with Crippen LogP contribution in [0.5, 0.6) is 11.5 Å². The molecule has 8 heteroatoms. The lowest BCUT2D eigenvalue weighted by atomic mass is 10.1. The normalized spacial score (nSPS) is 13.5. The first-order chi connectivity index (χ1) is 14.7. The molecule has 0 radical (unpaired) electrons. The molecule has 1 amide bonds. The van der Waals surface area contributed by atoms with Crippen molar-refractivity contribution in [2.45, 2.75) is 20.0 Å². The first-order valence-corrected chi connectivity index (χ1v) is 9.78. The number of hydrogen-bond acceptors (Lipinski definition) is 5. The van der Waals surface area contributed by atoms with Crippen LogP contribution in [0.3, 0.4) is 0 Å². The van der Waals surface area contributed by atoms with Crippen LogP contribution in [-0.4, -0.2) is 32.0 Å². The summed E-state index contributed by atoms with van der Waals surface area (Å²) < 4.78 is 14.6. The minimum absolute atomic E-state index is 0.0692. The number of fused-ring (bicyclic) bond motifs is 2. The van der Waals surface area contributed by atoms with Gasteiger partial charge in [0.25, 0.3) is 0 Å². The number of aromatic nitrogens is 4. The van der Waals surface area contributed by atoms with E-state index >= 15 is 0 Å². The molecular formula is C22H21N5O3. The van der Waals surface area contributed by atoms with Gasteiger partial charge in [-0.25, -0.2) is 9.67 Å². The molecule has 8 nitrogen and oxygen atoms in total. The molecule has 5 rings (SSSR count). The maximum atomic E-state index is 12.8. The number of ether oxygens (including phenoxy) is 2. The summed E-state index contributed by atoms with van der Waals surface area (Å²) in [7, 11) is 0. The number of benzene rings is 2. The van der Waals surface area contributed by atoms with Gasteiger partial charge >= 0.3 is 0 Å². The zero-order valence-electron chi connectivity index (χ0n) is 16.5. The Hall–Kier alpha value is -3.81. The van der Waals surface area contributed by atoms with Crippen molar-refractivity contribution in [3.05, 3.63) is 66.6 Å². The second-order valence-electron chi connectivity index (χ2n) is 7.34. The largest absolute Gasteiger partial charge is 0.454 e. The van der Waals surface area contributed by atoms with E-state index in [0.717, 1.165) is 28.1 Å². The number of nitrogens with one attached hydrogen (secondary N) is 1. The highest BCUT2D eigenvalue weighted by Gasteiger charge is 2.18. The van der Waals surface area contributed by atoms with Crippen LogP contribution in [0.4, 0.5) is 5.82 Å². The number of rotatable bonds is 6. The zero-order chi connectivity index (χ0) is 20.5. The highest BCUT2D eigenvalue weighted by molar-refractivity contribution is 5.91. The van der Waals surface area contributed by atoms with E-state index in [1.165, 1.54) is 0 Å². The molecule has 1 N–H and O–H groups in total. The van der Waals surface area contributed by atoms with Gasteiger partial charge in [0.15, 0.2) is 11.5 Å². The molecule has 0 spiro atoms. The number of carbonyl (C=O) groups is 1. The van der Waals surface area contributed by atoms with Gasteiger partial charge in [-0.1, -0.05) is 25.1 Å². The van der Waals surface area contributed by atoms with Crippen LogP contribution in [0.15, 0.2) is 61.1 Å². The number of imidazole rings is 1. The van der Waals surface area contributed by atoms with E-state index in [1.54, 1.807) is 23.3 Å². The summed E-state index contributed by atoms with van der Waals surface area (Å²) in [6, 6.07) is 15.5. The van der Waals surface area contributed by atoms with Crippen molar-refractivity contribution in [1.29, 1.82) is 0 Å². The highest BCUT2D eigenvalue weighted by Crippen LogP contribution is 2.32. The van der Waals surface area contributed by atoms with E-state index in [0.29, 0.717) is 18.9 Å². The summed E-state index contributed by atoms with van der Waals surface area (Å²) in [5.41, 5.74) is 2.95. The average Bonchev–Trinajstić information content (AvgIpc) is 3.49. The summed E-state index contributed by atoms with van der Waals surface area (Å²) in [6.45, 7) is 3.21. The Balaban J connectivity index is 1.27. The van der Waals surface area contributed by atoms with Gasteiger partial charge < -0.3 is 19.4 Å². The Labute approximate surface area is 173 Å². The van der Waals surface area contributed by atoms with E-state index in [4.69, 9.17) is 9.47 Å². The standard InChI is InChI=1S/C22H21N5O3/c1-15(11-26-13-23-17-4-2-3-5-18(17)26)22(28)25-21-8-9-24-27(21)12-16-6-7-19-20(10-16)30-14-29-19/h2-10,13,15H,11-12,14H2,1H3,(H,25,28)/t15-/m0/s1.